The molecule has 6 heteroatoms. The summed E-state index contributed by atoms with van der Waals surface area (Å²) >= 11 is 1.73. The van der Waals surface area contributed by atoms with E-state index in [0.717, 1.165) is 31.0 Å². The van der Waals surface area contributed by atoms with Crippen LogP contribution in [0.3, 0.4) is 0 Å². The highest BCUT2D eigenvalue weighted by Gasteiger charge is 2.35. The summed E-state index contributed by atoms with van der Waals surface area (Å²) in [6.07, 6.45) is 2.86. The number of amides is 1. The lowest BCUT2D eigenvalue weighted by atomic mass is 9.79. The number of carboxylic acids is 1. The summed E-state index contributed by atoms with van der Waals surface area (Å²) in [5, 5.41) is 8.93. The molecule has 5 nitrogen and oxygen atoms in total. The standard InChI is InChI=1S/C14H23NO4S/c1-2-19-12-5-10(6-12)7-13(16)15-3-4-20-9-11(15)8-14(17)18/h10-12H,2-9H2,1H3,(H,17,18). The molecule has 1 heterocycles. The molecule has 0 aromatic carbocycles. The Bertz CT molecular complexity index is 357. The molecule has 0 bridgehead atoms. The maximum atomic E-state index is 12.3. The van der Waals surface area contributed by atoms with Crippen molar-refractivity contribution in [3.63, 3.8) is 0 Å². The Morgan fingerprint density at radius 2 is 2.10 bits per heavy atom. The van der Waals surface area contributed by atoms with E-state index in [4.69, 9.17) is 9.84 Å². The second-order valence-electron chi connectivity index (χ2n) is 5.53. The van der Waals surface area contributed by atoms with Gasteiger partial charge in [-0.05, 0) is 25.7 Å². The smallest absolute Gasteiger partial charge is 0.305 e. The van der Waals surface area contributed by atoms with Gasteiger partial charge in [-0.15, -0.1) is 0 Å². The summed E-state index contributed by atoms with van der Waals surface area (Å²) in [5.74, 6) is 1.37. The van der Waals surface area contributed by atoms with E-state index in [-0.39, 0.29) is 18.4 Å². The molecule has 1 amide bonds. The number of carbonyl (C=O) groups is 2. The Morgan fingerprint density at radius 3 is 2.75 bits per heavy atom. The first kappa shape index (κ1) is 15.6. The first-order chi connectivity index (χ1) is 9.60. The molecule has 1 saturated carbocycles. The highest BCUT2D eigenvalue weighted by atomic mass is 32.2. The normalized spacial score (nSPS) is 29.9. The van der Waals surface area contributed by atoms with Crippen LogP contribution in [0.5, 0.6) is 0 Å². The summed E-state index contributed by atoms with van der Waals surface area (Å²) in [6.45, 7) is 3.40. The molecule has 114 valence electrons. The Labute approximate surface area is 124 Å². The predicted molar refractivity (Wildman–Crippen MR) is 77.8 cm³/mol. The second-order valence-corrected chi connectivity index (χ2v) is 6.68. The van der Waals surface area contributed by atoms with E-state index >= 15 is 0 Å². The van der Waals surface area contributed by atoms with Crippen LogP contribution >= 0.6 is 11.8 Å². The van der Waals surface area contributed by atoms with Gasteiger partial charge in [0.2, 0.25) is 5.91 Å². The van der Waals surface area contributed by atoms with E-state index in [9.17, 15) is 9.59 Å². The number of carbonyl (C=O) groups excluding carboxylic acids is 1. The zero-order chi connectivity index (χ0) is 14.5. The van der Waals surface area contributed by atoms with Crippen LogP contribution in [0.25, 0.3) is 0 Å². The molecule has 0 aromatic heterocycles. The molecule has 0 radical (unpaired) electrons. The van der Waals surface area contributed by atoms with Crippen molar-refractivity contribution in [3.8, 4) is 0 Å². The highest BCUT2D eigenvalue weighted by molar-refractivity contribution is 7.99. The number of thioether (sulfide) groups is 1. The number of nitrogens with zero attached hydrogens (tertiary/aromatic N) is 1. The molecule has 1 unspecified atom stereocenters. The predicted octanol–water partition coefficient (Wildman–Crippen LogP) is 1.61. The van der Waals surface area contributed by atoms with Gasteiger partial charge in [-0.3, -0.25) is 9.59 Å². The molecule has 20 heavy (non-hydrogen) atoms. The number of aliphatic carboxylic acids is 1. The number of hydrogen-bond donors (Lipinski definition) is 1. The molecule has 0 spiro atoms. The van der Waals surface area contributed by atoms with Crippen LogP contribution in [0.15, 0.2) is 0 Å². The molecular formula is C14H23NO4S. The van der Waals surface area contributed by atoms with Gasteiger partial charge in [0.05, 0.1) is 18.6 Å². The van der Waals surface area contributed by atoms with Crippen LogP contribution < -0.4 is 0 Å². The molecule has 1 aliphatic carbocycles. The number of rotatable bonds is 6. The van der Waals surface area contributed by atoms with Gasteiger partial charge in [0.25, 0.3) is 0 Å². The summed E-state index contributed by atoms with van der Waals surface area (Å²) in [4.78, 5) is 25.0. The summed E-state index contributed by atoms with van der Waals surface area (Å²) in [6, 6.07) is -0.137. The average Bonchev–Trinajstić information content (AvgIpc) is 2.36. The first-order valence-electron chi connectivity index (χ1n) is 7.30. The van der Waals surface area contributed by atoms with Gasteiger partial charge in [0.15, 0.2) is 0 Å². The molecule has 2 aliphatic rings. The van der Waals surface area contributed by atoms with Gasteiger partial charge in [-0.1, -0.05) is 0 Å². The van der Waals surface area contributed by atoms with Gasteiger partial charge in [-0.2, -0.15) is 11.8 Å². The van der Waals surface area contributed by atoms with Crippen molar-refractivity contribution < 1.29 is 19.4 Å². The van der Waals surface area contributed by atoms with Gasteiger partial charge >= 0.3 is 5.97 Å². The minimum atomic E-state index is -0.824. The molecule has 1 atom stereocenters. The van der Waals surface area contributed by atoms with Crippen molar-refractivity contribution in [2.45, 2.75) is 44.8 Å². The third-order valence-corrected chi connectivity index (χ3v) is 5.11. The summed E-state index contributed by atoms with van der Waals surface area (Å²) in [5.41, 5.74) is 0. The van der Waals surface area contributed by atoms with Gasteiger partial charge in [0, 0.05) is 31.1 Å². The van der Waals surface area contributed by atoms with Crippen LogP contribution in [-0.2, 0) is 14.3 Å². The number of ether oxygens (including phenoxy) is 1. The van der Waals surface area contributed by atoms with Gasteiger partial charge < -0.3 is 14.7 Å². The zero-order valence-electron chi connectivity index (χ0n) is 11.9. The van der Waals surface area contributed by atoms with Crippen LogP contribution in [-0.4, -0.2) is 58.7 Å². The minimum absolute atomic E-state index is 0.0605. The largest absolute Gasteiger partial charge is 0.481 e. The maximum Gasteiger partial charge on any atom is 0.305 e. The van der Waals surface area contributed by atoms with E-state index < -0.39 is 5.97 Å². The fourth-order valence-corrected chi connectivity index (χ4v) is 3.99. The monoisotopic (exact) mass is 301 g/mol. The second kappa shape index (κ2) is 7.31. The number of carboxylic acid groups (broad SMARTS) is 1. The fraction of sp³-hybridized carbons (Fsp3) is 0.857. The van der Waals surface area contributed by atoms with Gasteiger partial charge in [0.1, 0.15) is 0 Å². The molecule has 0 aromatic rings. The molecule has 1 aliphatic heterocycles. The number of hydrogen-bond acceptors (Lipinski definition) is 4. The molecule has 1 saturated heterocycles. The molecule has 2 rings (SSSR count). The van der Waals surface area contributed by atoms with Crippen LogP contribution in [0, 0.1) is 5.92 Å². The lowest BCUT2D eigenvalue weighted by molar-refractivity contribution is -0.141. The van der Waals surface area contributed by atoms with E-state index in [0.29, 0.717) is 25.0 Å². The zero-order valence-corrected chi connectivity index (χ0v) is 12.7. The lowest BCUT2D eigenvalue weighted by Gasteiger charge is -2.39. The molecule has 1 N–H and O–H groups in total. The molecule has 2 fully saturated rings. The average molecular weight is 301 g/mol. The van der Waals surface area contributed by atoms with E-state index in [1.54, 1.807) is 16.7 Å². The van der Waals surface area contributed by atoms with Crippen molar-refractivity contribution in [3.05, 3.63) is 0 Å². The quantitative estimate of drug-likeness (QED) is 0.807. The SMILES string of the molecule is CCOC1CC(CC(=O)N2CCSCC2CC(=O)O)C1. The van der Waals surface area contributed by atoms with E-state index in [1.807, 2.05) is 6.92 Å². The third kappa shape index (κ3) is 4.12. The van der Waals surface area contributed by atoms with Crippen molar-refractivity contribution in [2.75, 3.05) is 24.7 Å². The Balaban J connectivity index is 1.79. The van der Waals surface area contributed by atoms with E-state index in [1.165, 1.54) is 0 Å². The Morgan fingerprint density at radius 1 is 1.35 bits per heavy atom. The van der Waals surface area contributed by atoms with Crippen molar-refractivity contribution in [2.24, 2.45) is 5.92 Å². The van der Waals surface area contributed by atoms with Crippen LogP contribution in [0.1, 0.15) is 32.6 Å². The topological polar surface area (TPSA) is 66.8 Å². The Hall–Kier alpha value is -0.750. The minimum Gasteiger partial charge on any atom is -0.481 e. The molecular weight excluding hydrogens is 278 g/mol. The first-order valence-corrected chi connectivity index (χ1v) is 8.46. The van der Waals surface area contributed by atoms with E-state index in [2.05, 4.69) is 0 Å². The van der Waals surface area contributed by atoms with Crippen LogP contribution in [0.2, 0.25) is 0 Å². The van der Waals surface area contributed by atoms with Crippen molar-refractivity contribution >= 4 is 23.6 Å². The summed E-state index contributed by atoms with van der Waals surface area (Å²) < 4.78 is 5.50. The van der Waals surface area contributed by atoms with Crippen molar-refractivity contribution in [1.82, 2.24) is 4.90 Å². The fourth-order valence-electron chi connectivity index (χ4n) is 2.93. The summed E-state index contributed by atoms with van der Waals surface area (Å²) in [7, 11) is 0. The highest BCUT2D eigenvalue weighted by Crippen LogP contribution is 2.33. The van der Waals surface area contributed by atoms with Gasteiger partial charge in [-0.25, -0.2) is 0 Å². The maximum absolute atomic E-state index is 12.3. The lowest BCUT2D eigenvalue weighted by Crippen LogP contribution is -2.48. The van der Waals surface area contributed by atoms with Crippen LogP contribution in [0.4, 0.5) is 0 Å². The Kier molecular flexibility index (Phi) is 5.72. The van der Waals surface area contributed by atoms with Crippen molar-refractivity contribution in [1.29, 1.82) is 0 Å². The third-order valence-electron chi connectivity index (χ3n) is 4.02.